The number of rotatable bonds is 6. The standard InChI is InChI=1S/C22H22N2O4/c1-13(2)12-27-18-9-8-16-14(3)17(22(26)28-21(16)15(18)4)11-20(25)24-19-7-5-6-10-23-19/h5-10H,1,11-12H2,2-4H3,(H,23,24,25). The van der Waals surface area contributed by atoms with Crippen LogP contribution in [0.25, 0.3) is 11.0 Å². The van der Waals surface area contributed by atoms with Crippen LogP contribution in [0.3, 0.4) is 0 Å². The lowest BCUT2D eigenvalue weighted by Crippen LogP contribution is -2.21. The van der Waals surface area contributed by atoms with Gasteiger partial charge in [0.1, 0.15) is 23.8 Å². The van der Waals surface area contributed by atoms with Crippen molar-refractivity contribution in [2.24, 2.45) is 0 Å². The van der Waals surface area contributed by atoms with Gasteiger partial charge in [0.15, 0.2) is 0 Å². The average molecular weight is 378 g/mol. The van der Waals surface area contributed by atoms with E-state index >= 15 is 0 Å². The molecule has 3 aromatic rings. The summed E-state index contributed by atoms with van der Waals surface area (Å²) in [6, 6.07) is 8.90. The summed E-state index contributed by atoms with van der Waals surface area (Å²) in [7, 11) is 0. The van der Waals surface area contributed by atoms with E-state index in [1.807, 2.05) is 32.9 Å². The number of carbonyl (C=O) groups is 1. The summed E-state index contributed by atoms with van der Waals surface area (Å²) in [5, 5.41) is 3.46. The number of aromatic nitrogens is 1. The first kappa shape index (κ1) is 19.4. The zero-order valence-electron chi connectivity index (χ0n) is 16.2. The van der Waals surface area contributed by atoms with Gasteiger partial charge >= 0.3 is 5.63 Å². The molecule has 0 aliphatic heterocycles. The van der Waals surface area contributed by atoms with Gasteiger partial charge in [0.25, 0.3) is 0 Å². The Kier molecular flexibility index (Phi) is 5.59. The quantitative estimate of drug-likeness (QED) is 0.519. The number of benzene rings is 1. The molecule has 6 heteroatoms. The number of nitrogens with one attached hydrogen (secondary N) is 1. The second-order valence-corrected chi connectivity index (χ2v) is 6.74. The summed E-state index contributed by atoms with van der Waals surface area (Å²) in [6.45, 7) is 9.74. The number of hydrogen-bond acceptors (Lipinski definition) is 5. The molecule has 0 saturated carbocycles. The normalized spacial score (nSPS) is 10.7. The summed E-state index contributed by atoms with van der Waals surface area (Å²) in [5.74, 6) is 0.746. The SMILES string of the molecule is C=C(C)COc1ccc2c(C)c(CC(=O)Nc3ccccn3)c(=O)oc2c1C. The van der Waals surface area contributed by atoms with Crippen molar-refractivity contribution in [3.8, 4) is 5.75 Å². The molecule has 6 nitrogen and oxygen atoms in total. The number of fused-ring (bicyclic) bond motifs is 1. The van der Waals surface area contributed by atoms with Crippen molar-refractivity contribution in [2.75, 3.05) is 11.9 Å². The number of aryl methyl sites for hydroxylation is 2. The molecule has 2 aromatic heterocycles. The van der Waals surface area contributed by atoms with Gasteiger partial charge < -0.3 is 14.5 Å². The molecule has 28 heavy (non-hydrogen) atoms. The molecule has 144 valence electrons. The van der Waals surface area contributed by atoms with Crippen LogP contribution in [0.15, 0.2) is 57.9 Å². The Morgan fingerprint density at radius 1 is 1.21 bits per heavy atom. The maximum Gasteiger partial charge on any atom is 0.340 e. The molecule has 1 N–H and O–H groups in total. The summed E-state index contributed by atoms with van der Waals surface area (Å²) < 4.78 is 11.3. The van der Waals surface area contributed by atoms with Gasteiger partial charge in [-0.05, 0) is 56.2 Å². The largest absolute Gasteiger partial charge is 0.489 e. The van der Waals surface area contributed by atoms with E-state index < -0.39 is 5.63 Å². The number of hydrogen-bond donors (Lipinski definition) is 1. The van der Waals surface area contributed by atoms with Crippen LogP contribution in [0.5, 0.6) is 5.75 Å². The first-order chi connectivity index (χ1) is 13.4. The molecule has 1 aromatic carbocycles. The molecule has 0 unspecified atom stereocenters. The van der Waals surface area contributed by atoms with E-state index in [0.29, 0.717) is 29.3 Å². The van der Waals surface area contributed by atoms with Crippen LogP contribution < -0.4 is 15.7 Å². The van der Waals surface area contributed by atoms with Crippen molar-refractivity contribution < 1.29 is 13.9 Å². The Bertz CT molecular complexity index is 1100. The monoisotopic (exact) mass is 378 g/mol. The highest BCUT2D eigenvalue weighted by Crippen LogP contribution is 2.29. The predicted octanol–water partition coefficient (Wildman–Crippen LogP) is 3.94. The minimum absolute atomic E-state index is 0.0896. The van der Waals surface area contributed by atoms with Crippen LogP contribution in [0.2, 0.25) is 0 Å². The Morgan fingerprint density at radius 3 is 2.68 bits per heavy atom. The average Bonchev–Trinajstić information content (AvgIpc) is 2.66. The molecule has 2 heterocycles. The smallest absolute Gasteiger partial charge is 0.340 e. The molecule has 0 radical (unpaired) electrons. The highest BCUT2D eigenvalue weighted by molar-refractivity contribution is 5.93. The maximum absolute atomic E-state index is 12.6. The lowest BCUT2D eigenvalue weighted by Gasteiger charge is -2.13. The van der Waals surface area contributed by atoms with E-state index in [1.165, 1.54) is 0 Å². The van der Waals surface area contributed by atoms with Crippen molar-refractivity contribution in [3.63, 3.8) is 0 Å². The van der Waals surface area contributed by atoms with Crippen molar-refractivity contribution in [3.05, 3.63) is 75.8 Å². The lowest BCUT2D eigenvalue weighted by molar-refractivity contribution is -0.115. The summed E-state index contributed by atoms with van der Waals surface area (Å²) in [6.07, 6.45) is 1.50. The molecule has 3 rings (SSSR count). The third-order valence-corrected chi connectivity index (χ3v) is 4.40. The van der Waals surface area contributed by atoms with E-state index in [-0.39, 0.29) is 12.3 Å². The van der Waals surface area contributed by atoms with Gasteiger partial charge in [0, 0.05) is 17.1 Å². The van der Waals surface area contributed by atoms with E-state index in [9.17, 15) is 9.59 Å². The van der Waals surface area contributed by atoms with Crippen LogP contribution >= 0.6 is 0 Å². The van der Waals surface area contributed by atoms with Gasteiger partial charge in [0.05, 0.1) is 12.0 Å². The van der Waals surface area contributed by atoms with Gasteiger partial charge in [-0.2, -0.15) is 0 Å². The summed E-state index contributed by atoms with van der Waals surface area (Å²) in [5.41, 5.74) is 2.62. The Balaban J connectivity index is 1.92. The van der Waals surface area contributed by atoms with Gasteiger partial charge in [-0.25, -0.2) is 9.78 Å². The van der Waals surface area contributed by atoms with Crippen LogP contribution in [0.4, 0.5) is 5.82 Å². The van der Waals surface area contributed by atoms with E-state index in [2.05, 4.69) is 16.9 Å². The van der Waals surface area contributed by atoms with Crippen LogP contribution in [-0.4, -0.2) is 17.5 Å². The fourth-order valence-electron chi connectivity index (χ4n) is 2.92. The van der Waals surface area contributed by atoms with E-state index in [0.717, 1.165) is 22.1 Å². The highest BCUT2D eigenvalue weighted by Gasteiger charge is 2.17. The summed E-state index contributed by atoms with van der Waals surface area (Å²) >= 11 is 0. The second-order valence-electron chi connectivity index (χ2n) is 6.74. The predicted molar refractivity (Wildman–Crippen MR) is 109 cm³/mol. The first-order valence-electron chi connectivity index (χ1n) is 8.90. The van der Waals surface area contributed by atoms with Gasteiger partial charge in [-0.15, -0.1) is 0 Å². The fourth-order valence-corrected chi connectivity index (χ4v) is 2.92. The van der Waals surface area contributed by atoms with Crippen LogP contribution in [0.1, 0.15) is 23.6 Å². The zero-order chi connectivity index (χ0) is 20.3. The fraction of sp³-hybridized carbons (Fsp3) is 0.227. The van der Waals surface area contributed by atoms with E-state index in [1.54, 1.807) is 24.4 Å². The van der Waals surface area contributed by atoms with Crippen LogP contribution in [0, 0.1) is 13.8 Å². The van der Waals surface area contributed by atoms with E-state index in [4.69, 9.17) is 9.15 Å². The molecule has 0 aliphatic rings. The molecule has 0 fully saturated rings. The molecule has 0 spiro atoms. The van der Waals surface area contributed by atoms with Crippen LogP contribution in [-0.2, 0) is 11.2 Å². The third-order valence-electron chi connectivity index (χ3n) is 4.40. The number of nitrogens with zero attached hydrogens (tertiary/aromatic N) is 1. The molecule has 1 amide bonds. The van der Waals surface area contributed by atoms with Crippen molar-refractivity contribution >= 4 is 22.7 Å². The Hall–Kier alpha value is -3.41. The number of amides is 1. The van der Waals surface area contributed by atoms with Gasteiger partial charge in [0.2, 0.25) is 5.91 Å². The molecule has 0 aliphatic carbocycles. The van der Waals surface area contributed by atoms with Gasteiger partial charge in [-0.3, -0.25) is 4.79 Å². The highest BCUT2D eigenvalue weighted by atomic mass is 16.5. The Labute approximate surface area is 162 Å². The molecule has 0 atom stereocenters. The molecule has 0 saturated heterocycles. The summed E-state index contributed by atoms with van der Waals surface area (Å²) in [4.78, 5) is 28.9. The first-order valence-corrected chi connectivity index (χ1v) is 8.90. The maximum atomic E-state index is 12.6. The number of ether oxygens (including phenoxy) is 1. The lowest BCUT2D eigenvalue weighted by atomic mass is 10.0. The topological polar surface area (TPSA) is 81.4 Å². The van der Waals surface area contributed by atoms with Crippen molar-refractivity contribution in [1.82, 2.24) is 4.98 Å². The number of carbonyl (C=O) groups excluding carboxylic acids is 1. The van der Waals surface area contributed by atoms with Gasteiger partial charge in [-0.1, -0.05) is 12.6 Å². The molecule has 0 bridgehead atoms. The molecular formula is C22H22N2O4. The minimum Gasteiger partial charge on any atom is -0.489 e. The second kappa shape index (κ2) is 8.08. The number of anilines is 1. The zero-order valence-corrected chi connectivity index (χ0v) is 16.2. The molecular weight excluding hydrogens is 356 g/mol. The Morgan fingerprint density at radius 2 is 2.00 bits per heavy atom. The minimum atomic E-state index is -0.527. The number of pyridine rings is 1. The van der Waals surface area contributed by atoms with Crippen molar-refractivity contribution in [2.45, 2.75) is 27.2 Å². The van der Waals surface area contributed by atoms with Crippen molar-refractivity contribution in [1.29, 1.82) is 0 Å². The third kappa shape index (κ3) is 4.11.